The standard InChI is InChI=1S/C32H45N3O4/c1-9-21(3)27(34-31(38)39-32(6,7)8)30(37)35(25-17-12-18-25)28(24-16-10-13-20(2)19-24)29(36)33-26-22(4)14-11-15-23(26)5/h10-11,13-16,19,21,25,27-28H,9,12,17-18H2,1-8H3,(H,33,36)(H,34,38). The van der Waals surface area contributed by atoms with Crippen LogP contribution in [-0.4, -0.2) is 40.5 Å². The fourth-order valence-corrected chi connectivity index (χ4v) is 4.94. The monoisotopic (exact) mass is 535 g/mol. The highest BCUT2D eigenvalue weighted by Crippen LogP contribution is 2.36. The second kappa shape index (κ2) is 12.7. The molecule has 39 heavy (non-hydrogen) atoms. The van der Waals surface area contributed by atoms with E-state index in [1.807, 2.05) is 77.1 Å². The molecule has 2 aromatic rings. The molecule has 2 N–H and O–H groups in total. The van der Waals surface area contributed by atoms with Crippen LogP contribution in [0.5, 0.6) is 0 Å². The lowest BCUT2D eigenvalue weighted by Crippen LogP contribution is -2.58. The molecule has 0 aliphatic heterocycles. The number of hydrogen-bond acceptors (Lipinski definition) is 4. The zero-order valence-corrected chi connectivity index (χ0v) is 24.8. The van der Waals surface area contributed by atoms with Gasteiger partial charge in [-0.2, -0.15) is 0 Å². The Labute approximate surface area is 233 Å². The summed E-state index contributed by atoms with van der Waals surface area (Å²) in [4.78, 5) is 43.2. The van der Waals surface area contributed by atoms with Gasteiger partial charge in [-0.15, -0.1) is 0 Å². The molecule has 0 heterocycles. The molecule has 0 bridgehead atoms. The molecule has 0 radical (unpaired) electrons. The molecular weight excluding hydrogens is 490 g/mol. The lowest BCUT2D eigenvalue weighted by atomic mass is 9.86. The van der Waals surface area contributed by atoms with Gasteiger partial charge < -0.3 is 20.3 Å². The van der Waals surface area contributed by atoms with Gasteiger partial charge in [-0.25, -0.2) is 4.79 Å². The Kier molecular flexibility index (Phi) is 9.81. The zero-order chi connectivity index (χ0) is 28.9. The van der Waals surface area contributed by atoms with Gasteiger partial charge in [0.25, 0.3) is 5.91 Å². The molecule has 1 aliphatic rings. The van der Waals surface area contributed by atoms with E-state index in [1.165, 1.54) is 0 Å². The number of para-hydroxylation sites is 1. The van der Waals surface area contributed by atoms with Crippen molar-refractivity contribution in [3.8, 4) is 0 Å². The maximum atomic E-state index is 14.4. The third kappa shape index (κ3) is 7.61. The second-order valence-electron chi connectivity index (χ2n) is 11.9. The Morgan fingerprint density at radius 2 is 1.64 bits per heavy atom. The Morgan fingerprint density at radius 3 is 2.15 bits per heavy atom. The number of carbonyl (C=O) groups is 3. The minimum Gasteiger partial charge on any atom is -0.444 e. The fourth-order valence-electron chi connectivity index (χ4n) is 4.94. The summed E-state index contributed by atoms with van der Waals surface area (Å²) in [6.45, 7) is 15.2. The van der Waals surface area contributed by atoms with Crippen LogP contribution in [0.25, 0.3) is 0 Å². The van der Waals surface area contributed by atoms with Crippen LogP contribution in [0.15, 0.2) is 42.5 Å². The summed E-state index contributed by atoms with van der Waals surface area (Å²) >= 11 is 0. The van der Waals surface area contributed by atoms with E-state index in [1.54, 1.807) is 25.7 Å². The van der Waals surface area contributed by atoms with E-state index in [0.29, 0.717) is 6.42 Å². The maximum Gasteiger partial charge on any atom is 0.408 e. The number of ether oxygens (including phenoxy) is 1. The molecule has 3 unspecified atom stereocenters. The van der Waals surface area contributed by atoms with E-state index >= 15 is 0 Å². The molecule has 3 amide bonds. The number of aryl methyl sites for hydroxylation is 3. The Bertz CT molecular complexity index is 1160. The van der Waals surface area contributed by atoms with Crippen molar-refractivity contribution in [2.24, 2.45) is 5.92 Å². The molecule has 7 nitrogen and oxygen atoms in total. The van der Waals surface area contributed by atoms with Crippen molar-refractivity contribution < 1.29 is 19.1 Å². The predicted octanol–water partition coefficient (Wildman–Crippen LogP) is 6.61. The number of nitrogens with zero attached hydrogens (tertiary/aromatic N) is 1. The van der Waals surface area contributed by atoms with Gasteiger partial charge in [-0.1, -0.05) is 68.3 Å². The van der Waals surface area contributed by atoms with Gasteiger partial charge in [0.1, 0.15) is 17.7 Å². The average Bonchev–Trinajstić information content (AvgIpc) is 2.81. The molecule has 2 aromatic carbocycles. The molecule has 0 saturated heterocycles. The average molecular weight is 536 g/mol. The van der Waals surface area contributed by atoms with Gasteiger partial charge in [0.2, 0.25) is 5.91 Å². The van der Waals surface area contributed by atoms with Crippen molar-refractivity contribution in [2.75, 3.05) is 5.32 Å². The van der Waals surface area contributed by atoms with Gasteiger partial charge in [0, 0.05) is 11.7 Å². The molecule has 1 aliphatic carbocycles. The molecular formula is C32H45N3O4. The topological polar surface area (TPSA) is 87.7 Å². The number of alkyl carbamates (subject to hydrolysis) is 1. The lowest BCUT2D eigenvalue weighted by molar-refractivity contribution is -0.147. The van der Waals surface area contributed by atoms with Crippen molar-refractivity contribution >= 4 is 23.6 Å². The first-order valence-corrected chi connectivity index (χ1v) is 14.1. The molecule has 7 heteroatoms. The van der Waals surface area contributed by atoms with E-state index in [9.17, 15) is 14.4 Å². The van der Waals surface area contributed by atoms with E-state index < -0.39 is 23.8 Å². The van der Waals surface area contributed by atoms with Crippen LogP contribution >= 0.6 is 0 Å². The first-order chi connectivity index (χ1) is 18.3. The zero-order valence-electron chi connectivity index (χ0n) is 24.8. The molecule has 0 spiro atoms. The third-order valence-corrected chi connectivity index (χ3v) is 7.49. The van der Waals surface area contributed by atoms with Gasteiger partial charge in [0.05, 0.1) is 0 Å². The fraction of sp³-hybridized carbons (Fsp3) is 0.531. The number of hydrogen-bond donors (Lipinski definition) is 2. The van der Waals surface area contributed by atoms with Crippen molar-refractivity contribution in [3.05, 3.63) is 64.7 Å². The third-order valence-electron chi connectivity index (χ3n) is 7.49. The van der Waals surface area contributed by atoms with Crippen molar-refractivity contribution in [1.82, 2.24) is 10.2 Å². The van der Waals surface area contributed by atoms with Crippen LogP contribution < -0.4 is 10.6 Å². The minimum absolute atomic E-state index is 0.0984. The summed E-state index contributed by atoms with van der Waals surface area (Å²) < 4.78 is 5.51. The van der Waals surface area contributed by atoms with Crippen molar-refractivity contribution in [2.45, 2.75) is 105 Å². The van der Waals surface area contributed by atoms with Crippen molar-refractivity contribution in [1.29, 1.82) is 0 Å². The molecule has 1 saturated carbocycles. The lowest BCUT2D eigenvalue weighted by Gasteiger charge is -2.44. The quantitative estimate of drug-likeness (QED) is 0.378. The largest absolute Gasteiger partial charge is 0.444 e. The number of carbonyl (C=O) groups excluding carboxylic acids is 3. The number of amides is 3. The predicted molar refractivity (Wildman–Crippen MR) is 156 cm³/mol. The number of benzene rings is 2. The van der Waals surface area contributed by atoms with Crippen LogP contribution in [0.2, 0.25) is 0 Å². The Balaban J connectivity index is 2.07. The molecule has 3 rings (SSSR count). The summed E-state index contributed by atoms with van der Waals surface area (Å²) in [5, 5.41) is 5.99. The summed E-state index contributed by atoms with van der Waals surface area (Å²) in [5.74, 6) is -0.686. The first kappa shape index (κ1) is 30.2. The second-order valence-corrected chi connectivity index (χ2v) is 11.9. The number of nitrogens with one attached hydrogen (secondary N) is 2. The highest BCUT2D eigenvalue weighted by molar-refractivity contribution is 6.00. The van der Waals surface area contributed by atoms with E-state index in [2.05, 4.69) is 10.6 Å². The highest BCUT2D eigenvalue weighted by atomic mass is 16.6. The van der Waals surface area contributed by atoms with Crippen molar-refractivity contribution in [3.63, 3.8) is 0 Å². The normalized spacial score (nSPS) is 15.9. The summed E-state index contributed by atoms with van der Waals surface area (Å²) in [6, 6.07) is 11.9. The molecule has 0 aromatic heterocycles. The molecule has 3 atom stereocenters. The van der Waals surface area contributed by atoms with Crippen LogP contribution in [0, 0.1) is 26.7 Å². The first-order valence-electron chi connectivity index (χ1n) is 14.1. The highest BCUT2D eigenvalue weighted by Gasteiger charge is 2.43. The van der Waals surface area contributed by atoms with E-state index in [-0.39, 0.29) is 23.8 Å². The van der Waals surface area contributed by atoms with Gasteiger partial charge in [-0.05, 0) is 83.4 Å². The van der Waals surface area contributed by atoms with Gasteiger partial charge in [0.15, 0.2) is 0 Å². The minimum atomic E-state index is -0.853. The number of rotatable bonds is 9. The SMILES string of the molecule is CCC(C)C(NC(=O)OC(C)(C)C)C(=O)N(C1CCC1)C(C(=O)Nc1c(C)cccc1C)c1cccc(C)c1. The van der Waals surface area contributed by atoms with Gasteiger partial charge in [-0.3, -0.25) is 9.59 Å². The van der Waals surface area contributed by atoms with Gasteiger partial charge >= 0.3 is 6.09 Å². The van der Waals surface area contributed by atoms with E-state index in [4.69, 9.17) is 4.74 Å². The number of anilines is 1. The maximum absolute atomic E-state index is 14.4. The van der Waals surface area contributed by atoms with Crippen LogP contribution in [0.1, 0.15) is 88.6 Å². The summed E-state index contributed by atoms with van der Waals surface area (Å²) in [5.41, 5.74) is 3.72. The summed E-state index contributed by atoms with van der Waals surface area (Å²) in [6.07, 6.45) is 2.64. The summed E-state index contributed by atoms with van der Waals surface area (Å²) in [7, 11) is 0. The molecule has 1 fully saturated rings. The smallest absolute Gasteiger partial charge is 0.408 e. The van der Waals surface area contributed by atoms with Crippen LogP contribution in [0.4, 0.5) is 10.5 Å². The Hall–Kier alpha value is -3.35. The Morgan fingerprint density at radius 1 is 1.03 bits per heavy atom. The molecule has 212 valence electrons. The van der Waals surface area contributed by atoms with E-state index in [0.717, 1.165) is 47.2 Å². The van der Waals surface area contributed by atoms with Crippen LogP contribution in [-0.2, 0) is 14.3 Å². The van der Waals surface area contributed by atoms with Crippen LogP contribution in [0.3, 0.4) is 0 Å².